The van der Waals surface area contributed by atoms with Crippen molar-refractivity contribution in [3.8, 4) is 11.5 Å². The van der Waals surface area contributed by atoms with Crippen LogP contribution in [0.1, 0.15) is 19.4 Å². The zero-order valence-electron chi connectivity index (χ0n) is 14.1. The summed E-state index contributed by atoms with van der Waals surface area (Å²) < 4.78 is 11.3. The highest BCUT2D eigenvalue weighted by molar-refractivity contribution is 7.99. The van der Waals surface area contributed by atoms with Crippen LogP contribution in [0.4, 0.5) is 0 Å². The molecule has 1 N–H and O–H groups in total. The van der Waals surface area contributed by atoms with Crippen LogP contribution in [-0.2, 0) is 6.42 Å². The molecule has 0 radical (unpaired) electrons. The van der Waals surface area contributed by atoms with E-state index in [4.69, 9.17) is 9.47 Å². The van der Waals surface area contributed by atoms with Gasteiger partial charge in [0.05, 0.1) is 14.2 Å². The highest BCUT2D eigenvalue weighted by Gasteiger charge is 2.16. The Kier molecular flexibility index (Phi) is 6.86. The molecule has 0 aliphatic carbocycles. The molecule has 5 heteroatoms. The summed E-state index contributed by atoms with van der Waals surface area (Å²) in [5.41, 5.74) is 1.18. The van der Waals surface area contributed by atoms with Crippen LogP contribution in [-0.4, -0.2) is 57.1 Å². The minimum absolute atomic E-state index is 0.543. The van der Waals surface area contributed by atoms with Crippen LogP contribution in [0.25, 0.3) is 0 Å². The molecule has 1 aromatic carbocycles. The highest BCUT2D eigenvalue weighted by Crippen LogP contribution is 2.36. The third kappa shape index (κ3) is 4.80. The average Bonchev–Trinajstić information content (AvgIpc) is 2.53. The van der Waals surface area contributed by atoms with Crippen molar-refractivity contribution >= 4 is 11.8 Å². The van der Waals surface area contributed by atoms with Gasteiger partial charge in [-0.25, -0.2) is 0 Å². The first-order valence-corrected chi connectivity index (χ1v) is 8.86. The third-order valence-corrected chi connectivity index (χ3v) is 4.82. The quantitative estimate of drug-likeness (QED) is 0.780. The number of ether oxygens (including phenoxy) is 2. The summed E-state index contributed by atoms with van der Waals surface area (Å²) in [4.78, 5) is 3.70. The van der Waals surface area contributed by atoms with E-state index in [-0.39, 0.29) is 0 Å². The smallest absolute Gasteiger partial charge is 0.126 e. The van der Waals surface area contributed by atoms with E-state index in [2.05, 4.69) is 36.2 Å². The third-order valence-electron chi connectivity index (χ3n) is 3.84. The molecule has 4 nitrogen and oxygen atoms in total. The Morgan fingerprint density at radius 3 is 2.23 bits per heavy atom. The van der Waals surface area contributed by atoms with Crippen LogP contribution in [0.5, 0.6) is 11.5 Å². The maximum absolute atomic E-state index is 5.63. The number of thioether (sulfide) groups is 1. The number of nitrogens with one attached hydrogen (secondary N) is 1. The average molecular weight is 324 g/mol. The van der Waals surface area contributed by atoms with Crippen LogP contribution in [0.15, 0.2) is 17.0 Å². The Morgan fingerprint density at radius 1 is 1.14 bits per heavy atom. The molecule has 0 spiro atoms. The molecule has 0 amide bonds. The standard InChI is InChI=1S/C17H28N2O2S/c1-13(2)22-14-11-16(20-3)15(17(12-14)21-4)5-8-19-9-6-18-7-10-19/h11-13,18H,5-10H2,1-4H3. The van der Waals surface area contributed by atoms with Gasteiger partial charge in [-0.1, -0.05) is 13.8 Å². The van der Waals surface area contributed by atoms with Crippen LogP contribution in [0.3, 0.4) is 0 Å². The second-order valence-electron chi connectivity index (χ2n) is 5.81. The number of hydrogen-bond donors (Lipinski definition) is 1. The van der Waals surface area contributed by atoms with Gasteiger partial charge in [0.2, 0.25) is 0 Å². The predicted molar refractivity (Wildman–Crippen MR) is 93.6 cm³/mol. The summed E-state index contributed by atoms with van der Waals surface area (Å²) >= 11 is 1.83. The molecule has 1 saturated heterocycles. The Balaban J connectivity index is 2.13. The van der Waals surface area contributed by atoms with Gasteiger partial charge in [0.1, 0.15) is 11.5 Å². The number of methoxy groups -OCH3 is 2. The number of benzene rings is 1. The van der Waals surface area contributed by atoms with Gasteiger partial charge in [-0.2, -0.15) is 0 Å². The summed E-state index contributed by atoms with van der Waals surface area (Å²) in [6.07, 6.45) is 0.957. The van der Waals surface area contributed by atoms with E-state index in [9.17, 15) is 0 Å². The van der Waals surface area contributed by atoms with Crippen LogP contribution in [0.2, 0.25) is 0 Å². The molecule has 22 heavy (non-hydrogen) atoms. The lowest BCUT2D eigenvalue weighted by atomic mass is 10.1. The van der Waals surface area contributed by atoms with Crippen molar-refractivity contribution < 1.29 is 9.47 Å². The topological polar surface area (TPSA) is 33.7 Å². The van der Waals surface area contributed by atoms with Crippen molar-refractivity contribution in [1.82, 2.24) is 10.2 Å². The molecule has 0 bridgehead atoms. The molecule has 1 aliphatic rings. The van der Waals surface area contributed by atoms with Gasteiger partial charge in [0.25, 0.3) is 0 Å². The van der Waals surface area contributed by atoms with Crippen LogP contribution < -0.4 is 14.8 Å². The van der Waals surface area contributed by atoms with Gasteiger partial charge < -0.3 is 19.7 Å². The molecular weight excluding hydrogens is 296 g/mol. The number of hydrogen-bond acceptors (Lipinski definition) is 5. The summed E-state index contributed by atoms with van der Waals surface area (Å²) in [5.74, 6) is 1.88. The van der Waals surface area contributed by atoms with Crippen LogP contribution >= 0.6 is 11.8 Å². The fraction of sp³-hybridized carbons (Fsp3) is 0.647. The first kappa shape index (κ1) is 17.4. The van der Waals surface area contributed by atoms with Crippen molar-refractivity contribution in [3.05, 3.63) is 17.7 Å². The second kappa shape index (κ2) is 8.65. The number of nitrogens with zero attached hydrogens (tertiary/aromatic N) is 1. The van der Waals surface area contributed by atoms with Crippen molar-refractivity contribution in [3.63, 3.8) is 0 Å². The van der Waals surface area contributed by atoms with E-state index in [1.165, 1.54) is 10.5 Å². The number of rotatable bonds is 7. The van der Waals surface area contributed by atoms with Gasteiger partial charge in [0, 0.05) is 48.4 Å². The van der Waals surface area contributed by atoms with E-state index in [1.54, 1.807) is 14.2 Å². The molecule has 0 atom stereocenters. The van der Waals surface area contributed by atoms with E-state index in [0.717, 1.165) is 50.6 Å². The van der Waals surface area contributed by atoms with E-state index in [1.807, 2.05) is 11.8 Å². The minimum Gasteiger partial charge on any atom is -0.496 e. The lowest BCUT2D eigenvalue weighted by Crippen LogP contribution is -2.44. The Bertz CT molecular complexity index is 449. The van der Waals surface area contributed by atoms with Gasteiger partial charge in [0.15, 0.2) is 0 Å². The molecule has 1 aliphatic heterocycles. The van der Waals surface area contributed by atoms with Gasteiger partial charge in [-0.15, -0.1) is 11.8 Å². The Morgan fingerprint density at radius 2 is 1.73 bits per heavy atom. The first-order valence-electron chi connectivity index (χ1n) is 7.98. The first-order chi connectivity index (χ1) is 10.6. The molecule has 0 saturated carbocycles. The van der Waals surface area contributed by atoms with E-state index < -0.39 is 0 Å². The molecule has 1 aromatic rings. The van der Waals surface area contributed by atoms with Crippen LogP contribution in [0, 0.1) is 0 Å². The summed E-state index contributed by atoms with van der Waals surface area (Å²) in [7, 11) is 3.49. The second-order valence-corrected chi connectivity index (χ2v) is 7.46. The molecule has 124 valence electrons. The molecular formula is C17H28N2O2S. The van der Waals surface area contributed by atoms with Gasteiger partial charge in [-0.05, 0) is 18.6 Å². The normalized spacial score (nSPS) is 16.0. The van der Waals surface area contributed by atoms with E-state index >= 15 is 0 Å². The minimum atomic E-state index is 0.543. The van der Waals surface area contributed by atoms with Crippen molar-refractivity contribution in [2.45, 2.75) is 30.4 Å². The Hall–Kier alpha value is -0.910. The van der Waals surface area contributed by atoms with Gasteiger partial charge in [-0.3, -0.25) is 0 Å². The summed E-state index contributed by atoms with van der Waals surface area (Å²) in [5, 5.41) is 3.93. The maximum Gasteiger partial charge on any atom is 0.126 e. The zero-order valence-corrected chi connectivity index (χ0v) is 15.0. The molecule has 2 rings (SSSR count). The van der Waals surface area contributed by atoms with Gasteiger partial charge >= 0.3 is 0 Å². The summed E-state index contributed by atoms with van der Waals surface area (Å²) in [6, 6.07) is 4.28. The molecule has 0 aromatic heterocycles. The summed E-state index contributed by atoms with van der Waals surface area (Å²) in [6.45, 7) is 9.84. The largest absolute Gasteiger partial charge is 0.496 e. The maximum atomic E-state index is 5.63. The molecule has 0 unspecified atom stereocenters. The lowest BCUT2D eigenvalue weighted by molar-refractivity contribution is 0.242. The van der Waals surface area contributed by atoms with E-state index in [0.29, 0.717) is 5.25 Å². The predicted octanol–water partition coefficient (Wildman–Crippen LogP) is 2.65. The highest BCUT2D eigenvalue weighted by atomic mass is 32.2. The number of piperazine rings is 1. The monoisotopic (exact) mass is 324 g/mol. The van der Waals surface area contributed by atoms with Crippen molar-refractivity contribution in [2.24, 2.45) is 0 Å². The SMILES string of the molecule is COc1cc(SC(C)C)cc(OC)c1CCN1CCNCC1. The lowest BCUT2D eigenvalue weighted by Gasteiger charge is -2.27. The molecule has 1 heterocycles. The fourth-order valence-electron chi connectivity index (χ4n) is 2.75. The zero-order chi connectivity index (χ0) is 15.9. The molecule has 1 fully saturated rings. The van der Waals surface area contributed by atoms with Crippen molar-refractivity contribution in [1.29, 1.82) is 0 Å². The fourth-order valence-corrected chi connectivity index (χ4v) is 3.65. The Labute approximate surface area is 138 Å². The van der Waals surface area contributed by atoms with Crippen molar-refractivity contribution in [2.75, 3.05) is 46.9 Å².